The molecule has 2 rings (SSSR count). The summed E-state index contributed by atoms with van der Waals surface area (Å²) in [7, 11) is 0. The molecular formula is C10H10NNaO3S. The number of amides is 1. The van der Waals surface area contributed by atoms with Crippen LogP contribution in [0.25, 0.3) is 0 Å². The molecule has 1 unspecified atom stereocenters. The summed E-state index contributed by atoms with van der Waals surface area (Å²) < 4.78 is 21.1. The molecule has 0 N–H and O–H groups in total. The van der Waals surface area contributed by atoms with Crippen LogP contribution < -0.4 is 29.6 Å². The smallest absolute Gasteiger partial charge is 0.772 e. The third kappa shape index (κ3) is 2.93. The fourth-order valence-electron chi connectivity index (χ4n) is 1.49. The molecule has 1 atom stereocenters. The quantitative estimate of drug-likeness (QED) is 0.425. The molecule has 1 heterocycles. The maximum Gasteiger partial charge on any atom is 1.00 e. The van der Waals surface area contributed by atoms with Gasteiger partial charge in [0.25, 0.3) is 5.91 Å². The van der Waals surface area contributed by atoms with E-state index in [9.17, 15) is 13.6 Å². The van der Waals surface area contributed by atoms with Crippen molar-refractivity contribution in [1.29, 1.82) is 0 Å². The minimum Gasteiger partial charge on any atom is -0.772 e. The minimum atomic E-state index is -2.06. The summed E-state index contributed by atoms with van der Waals surface area (Å²) in [4.78, 5) is 13.3. The maximum atomic E-state index is 11.7. The van der Waals surface area contributed by atoms with Gasteiger partial charge < -0.3 is 9.45 Å². The summed E-state index contributed by atoms with van der Waals surface area (Å²) in [5.74, 6) is -0.0997. The average molecular weight is 247 g/mol. The molecule has 1 aliphatic rings. The number of carbonyl (C=O) groups is 1. The number of rotatable bonds is 2. The fourth-order valence-corrected chi connectivity index (χ4v) is 2.09. The van der Waals surface area contributed by atoms with Gasteiger partial charge in [0.1, 0.15) is 0 Å². The van der Waals surface area contributed by atoms with E-state index < -0.39 is 16.3 Å². The molecule has 1 amide bonds. The zero-order valence-corrected chi connectivity index (χ0v) is 11.8. The maximum absolute atomic E-state index is 11.7. The number of hydrogen-bond donors (Lipinski definition) is 0. The first-order chi connectivity index (χ1) is 7.18. The molecule has 0 radical (unpaired) electrons. The third-order valence-electron chi connectivity index (χ3n) is 2.43. The molecule has 0 aromatic heterocycles. The molecule has 0 bridgehead atoms. The first-order valence-corrected chi connectivity index (χ1v) is 5.74. The van der Waals surface area contributed by atoms with Gasteiger partial charge in [0.15, 0.2) is 0 Å². The number of benzene rings is 1. The normalized spacial score (nSPS) is 17.2. The number of hydrogen-bond acceptors (Lipinski definition) is 3. The summed E-state index contributed by atoms with van der Waals surface area (Å²) in [5.41, 5.74) is 0.604. The van der Waals surface area contributed by atoms with E-state index in [0.29, 0.717) is 18.7 Å². The predicted octanol–water partition coefficient (Wildman–Crippen LogP) is -2.61. The molecule has 1 aromatic carbocycles. The molecule has 6 heteroatoms. The van der Waals surface area contributed by atoms with Gasteiger partial charge in [-0.3, -0.25) is 9.00 Å². The zero-order valence-electron chi connectivity index (χ0n) is 8.96. The Labute approximate surface area is 119 Å². The predicted molar refractivity (Wildman–Crippen MR) is 55.1 cm³/mol. The molecule has 1 aromatic rings. The van der Waals surface area contributed by atoms with Crippen molar-refractivity contribution in [2.45, 2.75) is 5.25 Å². The van der Waals surface area contributed by atoms with Crippen molar-refractivity contribution in [3.8, 4) is 0 Å². The van der Waals surface area contributed by atoms with E-state index in [1.54, 1.807) is 24.3 Å². The van der Waals surface area contributed by atoms with Crippen LogP contribution in [0, 0.1) is 0 Å². The van der Waals surface area contributed by atoms with Crippen LogP contribution in [0.1, 0.15) is 10.4 Å². The van der Waals surface area contributed by atoms with Gasteiger partial charge >= 0.3 is 29.6 Å². The van der Waals surface area contributed by atoms with Crippen LogP contribution in [0.2, 0.25) is 0 Å². The molecule has 1 aliphatic heterocycles. The molecule has 1 saturated heterocycles. The van der Waals surface area contributed by atoms with Crippen LogP contribution in [0.15, 0.2) is 30.3 Å². The molecule has 4 nitrogen and oxygen atoms in total. The van der Waals surface area contributed by atoms with Gasteiger partial charge in [-0.2, -0.15) is 0 Å². The summed E-state index contributed by atoms with van der Waals surface area (Å²) in [6.45, 7) is 0.619. The van der Waals surface area contributed by atoms with Gasteiger partial charge in [-0.1, -0.05) is 18.2 Å². The van der Waals surface area contributed by atoms with Crippen molar-refractivity contribution >= 4 is 17.0 Å². The topological polar surface area (TPSA) is 60.4 Å². The van der Waals surface area contributed by atoms with Crippen LogP contribution >= 0.6 is 0 Å². The largest absolute Gasteiger partial charge is 1.00 e. The van der Waals surface area contributed by atoms with Crippen molar-refractivity contribution in [3.63, 3.8) is 0 Å². The number of carbonyl (C=O) groups excluding carboxylic acids is 1. The summed E-state index contributed by atoms with van der Waals surface area (Å²) in [6.07, 6.45) is 0. The monoisotopic (exact) mass is 247 g/mol. The molecule has 0 spiro atoms. The van der Waals surface area contributed by atoms with E-state index in [-0.39, 0.29) is 35.5 Å². The van der Waals surface area contributed by atoms with Crippen molar-refractivity contribution in [3.05, 3.63) is 35.9 Å². The summed E-state index contributed by atoms with van der Waals surface area (Å²) in [5, 5.41) is -0.391. The van der Waals surface area contributed by atoms with Crippen LogP contribution in [-0.2, 0) is 11.1 Å². The van der Waals surface area contributed by atoms with E-state index in [1.807, 2.05) is 6.07 Å². The molecule has 0 aliphatic carbocycles. The minimum absolute atomic E-state index is 0. The number of nitrogens with zero attached hydrogens (tertiary/aromatic N) is 1. The van der Waals surface area contributed by atoms with Crippen molar-refractivity contribution < 1.29 is 43.1 Å². The Balaban J connectivity index is 0.00000128. The van der Waals surface area contributed by atoms with E-state index >= 15 is 0 Å². The Morgan fingerprint density at radius 2 is 1.88 bits per heavy atom. The number of likely N-dealkylation sites (tertiary alicyclic amines) is 1. The second-order valence-electron chi connectivity index (χ2n) is 3.46. The van der Waals surface area contributed by atoms with Gasteiger partial charge in [0.05, 0.1) is 5.25 Å². The average Bonchev–Trinajstić information content (AvgIpc) is 2.16. The van der Waals surface area contributed by atoms with Crippen LogP contribution in [0.5, 0.6) is 0 Å². The van der Waals surface area contributed by atoms with Crippen molar-refractivity contribution in [2.75, 3.05) is 13.1 Å². The Morgan fingerprint density at radius 1 is 1.31 bits per heavy atom. The first-order valence-electron chi connectivity index (χ1n) is 4.61. The summed E-state index contributed by atoms with van der Waals surface area (Å²) in [6, 6.07) is 8.86. The van der Waals surface area contributed by atoms with Gasteiger partial charge in [-0.25, -0.2) is 0 Å². The van der Waals surface area contributed by atoms with Crippen LogP contribution in [0.4, 0.5) is 0 Å². The molecule has 1 fully saturated rings. The molecule has 16 heavy (non-hydrogen) atoms. The standard InChI is InChI=1S/C10H11NO3S.Na/c12-10(8-4-2-1-3-5-8)11-6-9(7-11)15(13)14;/h1-5,9H,6-7H2,(H,13,14);/q;+1/p-1. The third-order valence-corrected chi connectivity index (χ3v) is 3.27. The van der Waals surface area contributed by atoms with E-state index in [4.69, 9.17) is 0 Å². The van der Waals surface area contributed by atoms with Crippen LogP contribution in [-0.4, -0.2) is 37.9 Å². The second-order valence-corrected chi connectivity index (χ2v) is 4.65. The van der Waals surface area contributed by atoms with Gasteiger partial charge in [-0.05, 0) is 23.2 Å². The van der Waals surface area contributed by atoms with Crippen LogP contribution in [0.3, 0.4) is 0 Å². The van der Waals surface area contributed by atoms with E-state index in [1.165, 1.54) is 4.90 Å². The Morgan fingerprint density at radius 3 is 2.38 bits per heavy atom. The molecular weight excluding hydrogens is 237 g/mol. The zero-order chi connectivity index (χ0) is 10.8. The SMILES string of the molecule is O=C(c1ccccc1)N1CC(S(=O)[O-])C1.[Na+]. The van der Waals surface area contributed by atoms with Gasteiger partial charge in [0, 0.05) is 18.7 Å². The fraction of sp³-hybridized carbons (Fsp3) is 0.300. The summed E-state index contributed by atoms with van der Waals surface area (Å²) >= 11 is -2.06. The van der Waals surface area contributed by atoms with Crippen molar-refractivity contribution in [2.24, 2.45) is 0 Å². The molecule has 0 saturated carbocycles. The first kappa shape index (κ1) is 13.9. The van der Waals surface area contributed by atoms with E-state index in [0.717, 1.165) is 0 Å². The van der Waals surface area contributed by atoms with Gasteiger partial charge in [-0.15, -0.1) is 0 Å². The Hall–Kier alpha value is -0.200. The Kier molecular flexibility index (Phi) is 5.14. The second kappa shape index (κ2) is 5.93. The van der Waals surface area contributed by atoms with Crippen molar-refractivity contribution in [1.82, 2.24) is 4.90 Å². The molecule has 80 valence electrons. The Bertz CT molecular complexity index is 392. The van der Waals surface area contributed by atoms with E-state index in [2.05, 4.69) is 0 Å². The van der Waals surface area contributed by atoms with Gasteiger partial charge in [0.2, 0.25) is 0 Å².